The third-order valence-corrected chi connectivity index (χ3v) is 4.08. The summed E-state index contributed by atoms with van der Waals surface area (Å²) in [7, 11) is 1.65. The van der Waals surface area contributed by atoms with Crippen molar-refractivity contribution < 1.29 is 13.9 Å². The zero-order valence-corrected chi connectivity index (χ0v) is 14.0. The maximum absolute atomic E-state index is 11.9. The molecule has 3 aromatic rings. The fourth-order valence-corrected chi connectivity index (χ4v) is 2.82. The van der Waals surface area contributed by atoms with Crippen LogP contribution in [-0.2, 0) is 17.8 Å². The van der Waals surface area contributed by atoms with Crippen molar-refractivity contribution in [2.45, 2.75) is 13.1 Å². The number of nitrogens with zero attached hydrogens (tertiary/aromatic N) is 2. The zero-order valence-electron chi connectivity index (χ0n) is 13.2. The van der Waals surface area contributed by atoms with Crippen LogP contribution < -0.4 is 10.6 Å². The van der Waals surface area contributed by atoms with Gasteiger partial charge in [0, 0.05) is 7.11 Å². The van der Waals surface area contributed by atoms with Crippen molar-refractivity contribution in [3.8, 4) is 11.5 Å². The minimum atomic E-state index is -0.261. The second kappa shape index (κ2) is 7.80. The molecule has 8 heteroatoms. The van der Waals surface area contributed by atoms with Crippen molar-refractivity contribution >= 4 is 22.4 Å². The number of furan rings is 1. The summed E-state index contributed by atoms with van der Waals surface area (Å²) in [6, 6.07) is 9.08. The Bertz CT molecular complexity index is 765. The van der Waals surface area contributed by atoms with Crippen molar-refractivity contribution in [1.29, 1.82) is 0 Å². The molecule has 0 aliphatic rings. The summed E-state index contributed by atoms with van der Waals surface area (Å²) in [6.07, 6.45) is 1.62. The van der Waals surface area contributed by atoms with E-state index in [1.54, 1.807) is 13.4 Å². The van der Waals surface area contributed by atoms with Crippen molar-refractivity contribution in [3.05, 3.63) is 47.7 Å². The smallest absolute Gasteiger partial charge is 0.320 e. The summed E-state index contributed by atoms with van der Waals surface area (Å²) in [4.78, 5) is 11.9. The number of rotatable bonds is 7. The average Bonchev–Trinajstić information content (AvgIpc) is 3.31. The fraction of sp³-hybridized carbons (Fsp3) is 0.250. The van der Waals surface area contributed by atoms with Gasteiger partial charge < -0.3 is 14.5 Å². The van der Waals surface area contributed by atoms with E-state index in [9.17, 15) is 4.79 Å². The molecule has 0 saturated heterocycles. The highest BCUT2D eigenvalue weighted by Gasteiger charge is 2.13. The van der Waals surface area contributed by atoms with Crippen LogP contribution in [0, 0.1) is 0 Å². The van der Waals surface area contributed by atoms with Crippen molar-refractivity contribution in [2.24, 2.45) is 0 Å². The molecule has 7 nitrogen and oxygen atoms in total. The van der Waals surface area contributed by atoms with E-state index in [4.69, 9.17) is 9.15 Å². The minimum absolute atomic E-state index is 0.261. The van der Waals surface area contributed by atoms with E-state index in [-0.39, 0.29) is 6.03 Å². The number of thiophene rings is 1. The lowest BCUT2D eigenvalue weighted by atomic mass is 10.3. The van der Waals surface area contributed by atoms with Gasteiger partial charge >= 0.3 is 6.03 Å². The Labute approximate surface area is 143 Å². The first-order valence-electron chi connectivity index (χ1n) is 7.44. The molecular formula is C16H18N4O3S. The van der Waals surface area contributed by atoms with Gasteiger partial charge in [0.15, 0.2) is 5.76 Å². The van der Waals surface area contributed by atoms with Gasteiger partial charge in [-0.3, -0.25) is 10.00 Å². The van der Waals surface area contributed by atoms with Gasteiger partial charge in [0.1, 0.15) is 5.69 Å². The maximum Gasteiger partial charge on any atom is 0.320 e. The lowest BCUT2D eigenvalue weighted by Gasteiger charge is -2.05. The molecule has 0 aliphatic carbocycles. The maximum atomic E-state index is 11.9. The van der Waals surface area contributed by atoms with Crippen LogP contribution >= 0.6 is 11.3 Å². The van der Waals surface area contributed by atoms with E-state index < -0.39 is 0 Å². The summed E-state index contributed by atoms with van der Waals surface area (Å²) in [6.45, 7) is 1.47. The molecule has 2 N–H and O–H groups in total. The van der Waals surface area contributed by atoms with Crippen LogP contribution in [0.2, 0.25) is 0 Å². The molecule has 24 heavy (non-hydrogen) atoms. The molecule has 0 saturated carbocycles. The molecule has 126 valence electrons. The number of hydrogen-bond donors (Lipinski definition) is 2. The van der Waals surface area contributed by atoms with Crippen LogP contribution in [0.4, 0.5) is 9.80 Å². The molecule has 0 fully saturated rings. The number of ether oxygens (including phenoxy) is 1. The molecule has 0 bridgehead atoms. The van der Waals surface area contributed by atoms with E-state index in [1.807, 2.05) is 40.4 Å². The number of methoxy groups -OCH3 is 1. The monoisotopic (exact) mass is 346 g/mol. The summed E-state index contributed by atoms with van der Waals surface area (Å²) < 4.78 is 12.4. The number of nitrogens with one attached hydrogen (secondary N) is 2. The molecule has 3 heterocycles. The molecule has 3 rings (SSSR count). The van der Waals surface area contributed by atoms with Crippen molar-refractivity contribution in [3.63, 3.8) is 0 Å². The number of urea groups is 1. The quantitative estimate of drug-likeness (QED) is 0.688. The predicted octanol–water partition coefficient (Wildman–Crippen LogP) is 3.17. The Morgan fingerprint density at radius 1 is 1.42 bits per heavy atom. The summed E-state index contributed by atoms with van der Waals surface area (Å²) in [5, 5.41) is 12.8. The number of aromatic nitrogens is 2. The molecular weight excluding hydrogens is 328 g/mol. The lowest BCUT2D eigenvalue weighted by Crippen LogP contribution is -2.28. The van der Waals surface area contributed by atoms with Crippen LogP contribution in [0.25, 0.3) is 11.5 Å². The first-order valence-corrected chi connectivity index (χ1v) is 8.32. The molecule has 3 aromatic heterocycles. The Morgan fingerprint density at radius 2 is 2.33 bits per heavy atom. The van der Waals surface area contributed by atoms with Crippen LogP contribution in [0.5, 0.6) is 0 Å². The Balaban J connectivity index is 1.66. The SMILES string of the molecule is COCCn1nc(CNC(=O)Nc2cccs2)cc1-c1ccco1. The van der Waals surface area contributed by atoms with Crippen LogP contribution in [0.15, 0.2) is 46.4 Å². The van der Waals surface area contributed by atoms with Gasteiger partial charge in [-0.05, 0) is 35.7 Å². The van der Waals surface area contributed by atoms with E-state index in [1.165, 1.54) is 11.3 Å². The summed E-state index contributed by atoms with van der Waals surface area (Å²) >= 11 is 1.47. The highest BCUT2D eigenvalue weighted by Crippen LogP contribution is 2.21. The second-order valence-electron chi connectivity index (χ2n) is 5.00. The first kappa shape index (κ1) is 16.3. The van der Waals surface area contributed by atoms with Gasteiger partial charge in [-0.2, -0.15) is 5.10 Å². The van der Waals surface area contributed by atoms with Gasteiger partial charge in [-0.15, -0.1) is 11.3 Å². The Morgan fingerprint density at radius 3 is 3.04 bits per heavy atom. The third kappa shape index (κ3) is 4.03. The standard InChI is InChI=1S/C16H18N4O3S/c1-22-8-6-20-13(14-4-2-7-23-14)10-12(19-20)11-17-16(21)18-15-5-3-9-24-15/h2-5,7,9-10H,6,8,11H2,1H3,(H2,17,18,21). The molecule has 2 amide bonds. The van der Waals surface area contributed by atoms with E-state index >= 15 is 0 Å². The first-order chi connectivity index (χ1) is 11.8. The van der Waals surface area contributed by atoms with E-state index in [0.29, 0.717) is 19.7 Å². The summed E-state index contributed by atoms with van der Waals surface area (Å²) in [5.41, 5.74) is 1.60. The number of anilines is 1. The number of carbonyl (C=O) groups excluding carboxylic acids is 1. The molecule has 0 radical (unpaired) electrons. The molecule has 0 aliphatic heterocycles. The van der Waals surface area contributed by atoms with E-state index in [2.05, 4.69) is 15.7 Å². The van der Waals surface area contributed by atoms with Crippen molar-refractivity contribution in [1.82, 2.24) is 15.1 Å². The lowest BCUT2D eigenvalue weighted by molar-refractivity contribution is 0.183. The normalized spacial score (nSPS) is 10.7. The summed E-state index contributed by atoms with van der Waals surface area (Å²) in [5.74, 6) is 0.730. The third-order valence-electron chi connectivity index (χ3n) is 3.30. The number of carbonyl (C=O) groups is 1. The van der Waals surface area contributed by atoms with Gasteiger partial charge in [0.25, 0.3) is 0 Å². The largest absolute Gasteiger partial charge is 0.463 e. The topological polar surface area (TPSA) is 81.3 Å². The molecule has 0 atom stereocenters. The number of amides is 2. The molecule has 0 aromatic carbocycles. The van der Waals surface area contributed by atoms with Crippen LogP contribution in [-0.4, -0.2) is 29.5 Å². The Kier molecular flexibility index (Phi) is 5.29. The van der Waals surface area contributed by atoms with Gasteiger partial charge in [0.05, 0.1) is 36.7 Å². The molecule has 0 unspecified atom stereocenters. The van der Waals surface area contributed by atoms with Gasteiger partial charge in [-0.25, -0.2) is 4.79 Å². The van der Waals surface area contributed by atoms with Crippen molar-refractivity contribution in [2.75, 3.05) is 19.0 Å². The van der Waals surface area contributed by atoms with Gasteiger partial charge in [0.2, 0.25) is 0 Å². The fourth-order valence-electron chi connectivity index (χ4n) is 2.20. The minimum Gasteiger partial charge on any atom is -0.463 e. The highest BCUT2D eigenvalue weighted by molar-refractivity contribution is 7.14. The van der Waals surface area contributed by atoms with Gasteiger partial charge in [-0.1, -0.05) is 0 Å². The highest BCUT2D eigenvalue weighted by atomic mass is 32.1. The average molecular weight is 346 g/mol. The Hall–Kier alpha value is -2.58. The van der Waals surface area contributed by atoms with Crippen LogP contribution in [0.3, 0.4) is 0 Å². The second-order valence-corrected chi connectivity index (χ2v) is 5.95. The van der Waals surface area contributed by atoms with E-state index in [0.717, 1.165) is 22.1 Å². The number of hydrogen-bond acceptors (Lipinski definition) is 5. The molecule has 0 spiro atoms. The predicted molar refractivity (Wildman–Crippen MR) is 92.0 cm³/mol. The zero-order chi connectivity index (χ0) is 16.8. The van der Waals surface area contributed by atoms with Crippen LogP contribution in [0.1, 0.15) is 5.69 Å².